The first-order chi connectivity index (χ1) is 9.59. The van der Waals surface area contributed by atoms with Gasteiger partial charge in [0.25, 0.3) is 0 Å². The Kier molecular flexibility index (Phi) is 5.46. The summed E-state index contributed by atoms with van der Waals surface area (Å²) in [7, 11) is -3.19. The van der Waals surface area contributed by atoms with E-state index in [-0.39, 0.29) is 0 Å². The van der Waals surface area contributed by atoms with Gasteiger partial charge in [-0.15, -0.1) is 23.1 Å². The molecular formula is C12H17N2O3PS2. The average molecular weight is 332 g/mol. The SMILES string of the molecule is CCOP(=O)(OCC)c1ccc(C2=CN=C(N)CS2)s1. The van der Waals surface area contributed by atoms with Crippen LogP contribution in [0.5, 0.6) is 0 Å². The summed E-state index contributed by atoms with van der Waals surface area (Å²) in [4.78, 5) is 6.14. The Morgan fingerprint density at radius 1 is 1.35 bits per heavy atom. The number of hydrogen-bond acceptors (Lipinski definition) is 7. The van der Waals surface area contributed by atoms with Gasteiger partial charge in [-0.3, -0.25) is 4.57 Å². The minimum Gasteiger partial charge on any atom is -0.386 e. The maximum absolute atomic E-state index is 12.7. The molecule has 2 N–H and O–H groups in total. The van der Waals surface area contributed by atoms with Gasteiger partial charge in [-0.1, -0.05) is 0 Å². The maximum Gasteiger partial charge on any atom is 0.371 e. The molecule has 2 rings (SSSR count). The highest BCUT2D eigenvalue weighted by atomic mass is 32.2. The van der Waals surface area contributed by atoms with Crippen LogP contribution in [-0.4, -0.2) is 24.8 Å². The van der Waals surface area contributed by atoms with Gasteiger partial charge in [0, 0.05) is 16.0 Å². The Balaban J connectivity index is 2.26. The normalized spacial score (nSPS) is 15.9. The molecule has 0 saturated heterocycles. The number of aliphatic imine (C=N–C) groups is 1. The fraction of sp³-hybridized carbons (Fsp3) is 0.417. The van der Waals surface area contributed by atoms with E-state index in [2.05, 4.69) is 4.99 Å². The van der Waals surface area contributed by atoms with Crippen LogP contribution in [0.3, 0.4) is 0 Å². The number of thiophene rings is 1. The molecule has 1 aliphatic heterocycles. The molecule has 5 nitrogen and oxygen atoms in total. The first-order valence-electron chi connectivity index (χ1n) is 6.24. The summed E-state index contributed by atoms with van der Waals surface area (Å²) in [5.41, 5.74) is 5.63. The highest BCUT2D eigenvalue weighted by molar-refractivity contribution is 8.09. The van der Waals surface area contributed by atoms with E-state index in [1.807, 2.05) is 6.07 Å². The molecule has 0 saturated carbocycles. The first kappa shape index (κ1) is 15.8. The summed E-state index contributed by atoms with van der Waals surface area (Å²) in [5.74, 6) is 1.29. The molecule has 1 aliphatic rings. The van der Waals surface area contributed by atoms with Crippen molar-refractivity contribution in [2.45, 2.75) is 13.8 Å². The predicted octanol–water partition coefficient (Wildman–Crippen LogP) is 3.04. The van der Waals surface area contributed by atoms with Gasteiger partial charge in [0.05, 0.1) is 19.0 Å². The third-order valence-corrected chi connectivity index (χ3v) is 7.38. The molecular weight excluding hydrogens is 315 g/mol. The van der Waals surface area contributed by atoms with E-state index in [1.165, 1.54) is 11.3 Å². The molecule has 0 unspecified atom stereocenters. The summed E-state index contributed by atoms with van der Waals surface area (Å²) < 4.78 is 24.0. The van der Waals surface area contributed by atoms with Crippen molar-refractivity contribution in [3.63, 3.8) is 0 Å². The Morgan fingerprint density at radius 3 is 2.60 bits per heavy atom. The monoisotopic (exact) mass is 332 g/mol. The van der Waals surface area contributed by atoms with Crippen LogP contribution in [0.15, 0.2) is 23.3 Å². The predicted molar refractivity (Wildman–Crippen MR) is 86.9 cm³/mol. The van der Waals surface area contributed by atoms with Crippen molar-refractivity contribution in [3.05, 3.63) is 23.2 Å². The third-order valence-electron chi connectivity index (χ3n) is 2.43. The molecule has 0 bridgehead atoms. The molecule has 2 heterocycles. The van der Waals surface area contributed by atoms with Crippen molar-refractivity contribution in [2.24, 2.45) is 10.7 Å². The van der Waals surface area contributed by atoms with Gasteiger partial charge in [-0.2, -0.15) is 0 Å². The fourth-order valence-electron chi connectivity index (χ4n) is 1.61. The van der Waals surface area contributed by atoms with Crippen LogP contribution in [0.25, 0.3) is 4.91 Å². The van der Waals surface area contributed by atoms with E-state index in [4.69, 9.17) is 14.8 Å². The lowest BCUT2D eigenvalue weighted by molar-refractivity contribution is 0.230. The second-order valence-electron chi connectivity index (χ2n) is 3.87. The van der Waals surface area contributed by atoms with Gasteiger partial charge < -0.3 is 14.8 Å². The highest BCUT2D eigenvalue weighted by Gasteiger charge is 2.29. The van der Waals surface area contributed by atoms with E-state index < -0.39 is 7.60 Å². The smallest absolute Gasteiger partial charge is 0.371 e. The minimum atomic E-state index is -3.19. The summed E-state index contributed by atoms with van der Waals surface area (Å²) in [6.07, 6.45) is 1.74. The molecule has 0 amide bonds. The van der Waals surface area contributed by atoms with E-state index in [9.17, 15) is 4.57 Å². The summed E-state index contributed by atoms with van der Waals surface area (Å²) >= 11 is 3.03. The van der Waals surface area contributed by atoms with Crippen LogP contribution in [0.2, 0.25) is 0 Å². The van der Waals surface area contributed by atoms with Gasteiger partial charge >= 0.3 is 7.60 Å². The minimum absolute atomic E-state index is 0.350. The lowest BCUT2D eigenvalue weighted by Crippen LogP contribution is -2.15. The Labute approximate surface area is 126 Å². The maximum atomic E-state index is 12.7. The average Bonchev–Trinajstić information content (AvgIpc) is 2.90. The second-order valence-corrected chi connectivity index (χ2v) is 8.27. The van der Waals surface area contributed by atoms with Crippen LogP contribution < -0.4 is 10.4 Å². The summed E-state index contributed by atoms with van der Waals surface area (Å²) in [6.45, 7) is 4.31. The third kappa shape index (κ3) is 3.54. The van der Waals surface area contributed by atoms with E-state index in [1.54, 1.807) is 37.9 Å². The van der Waals surface area contributed by atoms with Crippen LogP contribution in [0.4, 0.5) is 0 Å². The second kappa shape index (κ2) is 6.91. The van der Waals surface area contributed by atoms with Gasteiger partial charge in [0.2, 0.25) is 0 Å². The summed E-state index contributed by atoms with van der Waals surface area (Å²) in [5, 5.41) is 0. The lowest BCUT2D eigenvalue weighted by Gasteiger charge is -2.15. The van der Waals surface area contributed by atoms with Crippen LogP contribution in [-0.2, 0) is 13.6 Å². The summed E-state index contributed by atoms with van der Waals surface area (Å²) in [6, 6.07) is 3.72. The fourth-order valence-corrected chi connectivity index (χ4v) is 5.61. The number of nitrogens with two attached hydrogens (primary N) is 1. The zero-order valence-corrected chi connectivity index (χ0v) is 13.9. The molecule has 1 aromatic heterocycles. The Hall–Kier alpha value is -0.590. The molecule has 1 aromatic rings. The molecule has 0 radical (unpaired) electrons. The van der Waals surface area contributed by atoms with Crippen molar-refractivity contribution < 1.29 is 13.6 Å². The van der Waals surface area contributed by atoms with E-state index in [0.717, 1.165) is 9.78 Å². The van der Waals surface area contributed by atoms with Crippen molar-refractivity contribution >= 4 is 46.1 Å². The van der Waals surface area contributed by atoms with Crippen LogP contribution in [0.1, 0.15) is 18.7 Å². The molecule has 0 aromatic carbocycles. The molecule has 8 heteroatoms. The first-order valence-corrected chi connectivity index (χ1v) is 9.58. The largest absolute Gasteiger partial charge is 0.386 e. The number of nitrogens with zero attached hydrogens (tertiary/aromatic N) is 1. The van der Waals surface area contributed by atoms with Crippen molar-refractivity contribution in [3.8, 4) is 0 Å². The molecule has 0 atom stereocenters. The van der Waals surface area contributed by atoms with E-state index in [0.29, 0.717) is 29.4 Å². The number of hydrogen-bond donors (Lipinski definition) is 1. The number of thioether (sulfide) groups is 1. The van der Waals surface area contributed by atoms with Gasteiger partial charge in [-0.05, 0) is 26.0 Å². The molecule has 20 heavy (non-hydrogen) atoms. The quantitative estimate of drug-likeness (QED) is 0.811. The Morgan fingerprint density at radius 2 is 2.05 bits per heavy atom. The van der Waals surface area contributed by atoms with Crippen molar-refractivity contribution in [2.75, 3.05) is 19.0 Å². The zero-order valence-electron chi connectivity index (χ0n) is 11.4. The molecule has 0 spiro atoms. The topological polar surface area (TPSA) is 73.9 Å². The molecule has 0 fully saturated rings. The van der Waals surface area contributed by atoms with Gasteiger partial charge in [0.15, 0.2) is 0 Å². The van der Waals surface area contributed by atoms with Gasteiger partial charge in [0.1, 0.15) is 10.5 Å². The standard InChI is InChI=1S/C12H17N2O3PS2/c1-3-16-18(15,17-4-2)12-6-5-9(20-12)10-7-14-11(13)8-19-10/h5-7H,3-4,8H2,1-2H3,(H2,13,14). The number of rotatable bonds is 6. The number of amidine groups is 1. The van der Waals surface area contributed by atoms with E-state index >= 15 is 0 Å². The lowest BCUT2D eigenvalue weighted by atomic mass is 10.4. The van der Waals surface area contributed by atoms with Crippen LogP contribution in [0, 0.1) is 0 Å². The molecule has 110 valence electrons. The van der Waals surface area contributed by atoms with Crippen LogP contribution >= 0.6 is 30.7 Å². The molecule has 0 aliphatic carbocycles. The zero-order chi connectivity index (χ0) is 14.6. The van der Waals surface area contributed by atoms with Crippen molar-refractivity contribution in [1.29, 1.82) is 0 Å². The Bertz CT molecular complexity index is 573. The van der Waals surface area contributed by atoms with Gasteiger partial charge in [-0.25, -0.2) is 4.99 Å². The van der Waals surface area contributed by atoms with Crippen molar-refractivity contribution in [1.82, 2.24) is 0 Å². The highest BCUT2D eigenvalue weighted by Crippen LogP contribution is 2.49.